The molecule has 0 amide bonds. The molecule has 5 rings (SSSR count). The summed E-state index contributed by atoms with van der Waals surface area (Å²) in [6.45, 7) is 2.11. The number of ether oxygens (including phenoxy) is 2. The van der Waals surface area contributed by atoms with Crippen molar-refractivity contribution in [2.45, 2.75) is 31.6 Å². The first-order valence-corrected chi connectivity index (χ1v) is 13.8. The molecule has 39 heavy (non-hydrogen) atoms. The first-order valence-electron chi connectivity index (χ1n) is 12.4. The predicted octanol–water partition coefficient (Wildman–Crippen LogP) is 6.16. The van der Waals surface area contributed by atoms with E-state index in [9.17, 15) is 14.7 Å². The Labute approximate surface area is 234 Å². The largest absolute Gasteiger partial charge is 0.487 e. The van der Waals surface area contributed by atoms with Crippen molar-refractivity contribution < 1.29 is 23.4 Å². The lowest BCUT2D eigenvalue weighted by molar-refractivity contribution is -0.139. The highest BCUT2D eigenvalue weighted by Gasteiger charge is 2.29. The lowest BCUT2D eigenvalue weighted by Gasteiger charge is -2.20. The fraction of sp³-hybridized carbons (Fsp3) is 0.241. The molecule has 2 aromatic carbocycles. The van der Waals surface area contributed by atoms with Gasteiger partial charge in [0.15, 0.2) is 0 Å². The molecule has 0 bridgehead atoms. The number of carbonyl (C=O) groups excluding carboxylic acids is 1. The molecule has 0 N–H and O–H groups in total. The van der Waals surface area contributed by atoms with Crippen LogP contribution < -0.4 is 4.74 Å². The molecule has 198 valence electrons. The average molecular weight is 563 g/mol. The summed E-state index contributed by atoms with van der Waals surface area (Å²) in [5, 5.41) is 0.512. The number of esters is 1. The Morgan fingerprint density at radius 2 is 2.05 bits per heavy atom. The predicted molar refractivity (Wildman–Crippen MR) is 149 cm³/mol. The normalized spacial score (nSPS) is 14.1. The Bertz CT molecular complexity index is 1610. The first kappa shape index (κ1) is 26.8. The second-order valence-electron chi connectivity index (χ2n) is 8.91. The number of hydrogen-bond donors (Lipinski definition) is 0. The number of halogens is 2. The van der Waals surface area contributed by atoms with Gasteiger partial charge in [0.25, 0.3) is 0 Å². The van der Waals surface area contributed by atoms with E-state index in [1.807, 2.05) is 30.3 Å². The summed E-state index contributed by atoms with van der Waals surface area (Å²) in [4.78, 5) is 24.6. The lowest BCUT2D eigenvalue weighted by Crippen LogP contribution is -2.21. The number of nitrogens with zero attached hydrogens (tertiary/aromatic N) is 4. The zero-order chi connectivity index (χ0) is 27.4. The van der Waals surface area contributed by atoms with Crippen LogP contribution in [-0.2, 0) is 29.0 Å². The van der Waals surface area contributed by atoms with Gasteiger partial charge >= 0.3 is 11.7 Å². The quantitative estimate of drug-likeness (QED) is 0.110. The van der Waals surface area contributed by atoms with Crippen LogP contribution in [0.5, 0.6) is 5.75 Å². The number of hydrogen-bond acceptors (Lipinski definition) is 6. The summed E-state index contributed by atoms with van der Waals surface area (Å²) in [5.74, 6) is -0.309. The average Bonchev–Trinajstić information content (AvgIpc) is 3.09. The molecule has 0 saturated carbocycles. The third-order valence-electron chi connectivity index (χ3n) is 6.43. The van der Waals surface area contributed by atoms with E-state index < -0.39 is 11.8 Å². The second kappa shape index (κ2) is 11.9. The minimum Gasteiger partial charge on any atom is -0.487 e. The Morgan fingerprint density at radius 1 is 1.18 bits per heavy atom. The van der Waals surface area contributed by atoms with Crippen molar-refractivity contribution in [3.63, 3.8) is 0 Å². The van der Waals surface area contributed by atoms with Gasteiger partial charge in [0, 0.05) is 17.3 Å². The molecule has 0 radical (unpaired) electrons. The van der Waals surface area contributed by atoms with Crippen LogP contribution in [0, 0.1) is 5.82 Å². The highest BCUT2D eigenvalue weighted by Crippen LogP contribution is 2.42. The molecule has 1 unspecified atom stereocenters. The monoisotopic (exact) mass is 562 g/mol. The van der Waals surface area contributed by atoms with Crippen LogP contribution in [0.1, 0.15) is 40.3 Å². The van der Waals surface area contributed by atoms with Gasteiger partial charge in [-0.15, -0.1) is 11.8 Å². The number of carbonyl (C=O) groups is 1. The first-order chi connectivity index (χ1) is 19.0. The smallest absolute Gasteiger partial charge is 0.417 e. The second-order valence-corrected chi connectivity index (χ2v) is 10.4. The Hall–Kier alpha value is -3.78. The summed E-state index contributed by atoms with van der Waals surface area (Å²) < 4.78 is 24.9. The van der Waals surface area contributed by atoms with E-state index in [1.165, 1.54) is 23.9 Å². The van der Waals surface area contributed by atoms with Gasteiger partial charge in [-0.2, -0.15) is 4.79 Å². The number of pyridine rings is 2. The van der Waals surface area contributed by atoms with Crippen LogP contribution in [0.25, 0.3) is 16.4 Å². The van der Waals surface area contributed by atoms with Crippen LogP contribution in [0.4, 0.5) is 4.39 Å². The molecule has 1 aliphatic rings. The molecule has 4 aromatic rings. The van der Waals surface area contributed by atoms with Crippen molar-refractivity contribution in [1.82, 2.24) is 9.97 Å². The van der Waals surface area contributed by atoms with Crippen molar-refractivity contribution in [1.29, 1.82) is 0 Å². The number of thioether (sulfide) groups is 1. The molecular weight excluding hydrogens is 539 g/mol. The maximum Gasteiger partial charge on any atom is 0.417 e. The molecule has 1 aliphatic carbocycles. The fourth-order valence-electron chi connectivity index (χ4n) is 4.54. The molecule has 2 heterocycles. The van der Waals surface area contributed by atoms with Gasteiger partial charge in [0.2, 0.25) is 0 Å². The van der Waals surface area contributed by atoms with Crippen LogP contribution in [-0.4, -0.2) is 38.8 Å². The Morgan fingerprint density at radius 3 is 2.87 bits per heavy atom. The standard InChI is InChI=1S/C29H24ClFN4O3S/c1-2-37-29(36)27(35-32)16-39-28-21-4-3-11-33-25(21)10-7-17-6-9-20(13-22(17)28)38-15-19-8-5-18-12-24(31)23(30)14-26(18)34-19/h3-6,8-9,11-14,28H,2,7,10,15-16H2,1H3. The SMILES string of the molecule is CCOC(=O)C(CSC1c2cc(OCc3ccc4cc(F)c(Cl)cc4n3)ccc2CCc2ncccc21)=[N+]=[N-]. The zero-order valence-corrected chi connectivity index (χ0v) is 22.6. The van der Waals surface area contributed by atoms with E-state index in [0.717, 1.165) is 35.2 Å². The van der Waals surface area contributed by atoms with Crippen molar-refractivity contribution in [3.8, 4) is 5.75 Å². The van der Waals surface area contributed by atoms with Crippen molar-refractivity contribution >= 4 is 45.9 Å². The topological polar surface area (TPSA) is 97.7 Å². The van der Waals surface area contributed by atoms with E-state index >= 15 is 0 Å². The molecule has 0 saturated heterocycles. The van der Waals surface area contributed by atoms with Crippen molar-refractivity contribution in [2.24, 2.45) is 0 Å². The minimum atomic E-state index is -0.642. The minimum absolute atomic E-state index is 0.0227. The zero-order valence-electron chi connectivity index (χ0n) is 21.1. The number of rotatable bonds is 8. The number of aromatic nitrogens is 2. The van der Waals surface area contributed by atoms with Crippen LogP contribution in [0.3, 0.4) is 0 Å². The number of benzene rings is 2. The van der Waals surface area contributed by atoms with Gasteiger partial charge < -0.3 is 15.0 Å². The summed E-state index contributed by atoms with van der Waals surface area (Å²) in [5.41, 5.74) is 14.9. The van der Waals surface area contributed by atoms with Crippen LogP contribution in [0.2, 0.25) is 5.02 Å². The maximum absolute atomic E-state index is 13.8. The molecule has 0 spiro atoms. The summed E-state index contributed by atoms with van der Waals surface area (Å²) in [6, 6.07) is 16.4. The lowest BCUT2D eigenvalue weighted by atomic mass is 10.0. The molecule has 2 aromatic heterocycles. The molecule has 0 fully saturated rings. The molecular formula is C29H24ClFN4O3S. The number of aryl methyl sites for hydroxylation is 2. The van der Waals surface area contributed by atoms with Crippen LogP contribution >= 0.6 is 23.4 Å². The fourth-order valence-corrected chi connectivity index (χ4v) is 5.99. The van der Waals surface area contributed by atoms with E-state index in [4.69, 9.17) is 21.1 Å². The van der Waals surface area contributed by atoms with Gasteiger partial charge in [-0.3, -0.25) is 4.98 Å². The van der Waals surface area contributed by atoms with E-state index in [-0.39, 0.29) is 35.0 Å². The van der Waals surface area contributed by atoms with E-state index in [0.29, 0.717) is 22.3 Å². The Balaban J connectivity index is 1.41. The number of fused-ring (bicyclic) bond motifs is 3. The summed E-state index contributed by atoms with van der Waals surface area (Å²) in [6.07, 6.45) is 3.37. The highest BCUT2D eigenvalue weighted by atomic mass is 35.5. The van der Waals surface area contributed by atoms with E-state index in [2.05, 4.69) is 14.8 Å². The summed E-state index contributed by atoms with van der Waals surface area (Å²) in [7, 11) is 0. The highest BCUT2D eigenvalue weighted by molar-refractivity contribution is 8.00. The van der Waals surface area contributed by atoms with E-state index in [1.54, 1.807) is 25.3 Å². The Kier molecular flexibility index (Phi) is 8.21. The van der Waals surface area contributed by atoms with Crippen molar-refractivity contribution in [3.05, 3.63) is 105 Å². The van der Waals surface area contributed by atoms with Gasteiger partial charge in [-0.25, -0.2) is 14.2 Å². The third kappa shape index (κ3) is 5.96. The third-order valence-corrected chi connectivity index (χ3v) is 8.00. The maximum atomic E-state index is 13.8. The molecule has 1 atom stereocenters. The molecule has 7 nitrogen and oxygen atoms in total. The van der Waals surface area contributed by atoms with Gasteiger partial charge in [-0.1, -0.05) is 29.8 Å². The van der Waals surface area contributed by atoms with Gasteiger partial charge in [0.05, 0.1) is 28.1 Å². The summed E-state index contributed by atoms with van der Waals surface area (Å²) >= 11 is 7.40. The van der Waals surface area contributed by atoms with Gasteiger partial charge in [0.1, 0.15) is 23.9 Å². The van der Waals surface area contributed by atoms with Gasteiger partial charge in [-0.05, 0) is 72.9 Å². The van der Waals surface area contributed by atoms with Crippen LogP contribution in [0.15, 0.2) is 60.8 Å². The van der Waals surface area contributed by atoms with Crippen molar-refractivity contribution in [2.75, 3.05) is 12.4 Å². The molecule has 10 heteroatoms. The molecule has 0 aliphatic heterocycles.